The molecule has 0 saturated carbocycles. The number of benzene rings is 1. The van der Waals surface area contributed by atoms with Gasteiger partial charge in [-0.3, -0.25) is 4.79 Å². The Hall–Kier alpha value is -2.14. The molecule has 2 heterocycles. The van der Waals surface area contributed by atoms with E-state index in [4.69, 9.17) is 9.47 Å². The highest BCUT2D eigenvalue weighted by atomic mass is 16.6. The second-order valence-corrected chi connectivity index (χ2v) is 5.92. The molecule has 0 N–H and O–H groups in total. The molecule has 1 amide bonds. The Morgan fingerprint density at radius 3 is 2.95 bits per heavy atom. The molecule has 2 aliphatic heterocycles. The fourth-order valence-corrected chi connectivity index (χ4v) is 3.81. The lowest BCUT2D eigenvalue weighted by molar-refractivity contribution is -0.168. The van der Waals surface area contributed by atoms with E-state index in [-0.39, 0.29) is 12.5 Å². The van der Waals surface area contributed by atoms with Crippen molar-refractivity contribution in [3.63, 3.8) is 0 Å². The first-order valence-electron chi connectivity index (χ1n) is 7.52. The number of hydrogen-bond acceptors (Lipinski definition) is 4. The summed E-state index contributed by atoms with van der Waals surface area (Å²) in [6.45, 7) is 1.94. The van der Waals surface area contributed by atoms with E-state index < -0.39 is 17.3 Å². The first kappa shape index (κ1) is 13.5. The van der Waals surface area contributed by atoms with Gasteiger partial charge in [0.15, 0.2) is 5.72 Å². The summed E-state index contributed by atoms with van der Waals surface area (Å²) in [5, 5.41) is 0. The standard InChI is InChI=1S/C17H17NO4/c1-3-21-15(20)16-10-13-12-7-5-4-6-11(12)8-9-17(13,22-16)18(2)14(16)19/h4-7,10H,3,8-9H2,1-2H3/t16-,17+/m1/s1. The topological polar surface area (TPSA) is 55.8 Å². The highest BCUT2D eigenvalue weighted by Gasteiger charge is 2.70. The summed E-state index contributed by atoms with van der Waals surface area (Å²) in [6.07, 6.45) is 3.13. The monoisotopic (exact) mass is 299 g/mol. The van der Waals surface area contributed by atoms with Gasteiger partial charge in [0.05, 0.1) is 6.61 Å². The first-order valence-corrected chi connectivity index (χ1v) is 7.52. The number of ether oxygens (including phenoxy) is 2. The van der Waals surface area contributed by atoms with Crippen LogP contribution in [0, 0.1) is 0 Å². The van der Waals surface area contributed by atoms with Gasteiger partial charge >= 0.3 is 5.97 Å². The van der Waals surface area contributed by atoms with Crippen LogP contribution in [0.1, 0.15) is 24.5 Å². The average Bonchev–Trinajstić information content (AvgIpc) is 3.00. The molecule has 2 bridgehead atoms. The molecule has 3 aliphatic rings. The Kier molecular flexibility index (Phi) is 2.58. The number of amides is 1. The summed E-state index contributed by atoms with van der Waals surface area (Å²) in [5.41, 5.74) is 0.731. The van der Waals surface area contributed by atoms with E-state index in [0.29, 0.717) is 6.42 Å². The molecule has 1 aromatic carbocycles. The maximum atomic E-state index is 12.6. The molecule has 1 spiro atoms. The summed E-state index contributed by atoms with van der Waals surface area (Å²) >= 11 is 0. The summed E-state index contributed by atoms with van der Waals surface area (Å²) in [5.74, 6) is -0.961. The third-order valence-corrected chi connectivity index (χ3v) is 4.88. The number of likely N-dealkylation sites (N-methyl/N-ethyl adjacent to an activating group) is 1. The van der Waals surface area contributed by atoms with Crippen LogP contribution in [0.3, 0.4) is 0 Å². The van der Waals surface area contributed by atoms with Crippen molar-refractivity contribution in [1.82, 2.24) is 4.90 Å². The second-order valence-electron chi connectivity index (χ2n) is 5.92. The van der Waals surface area contributed by atoms with Crippen LogP contribution < -0.4 is 0 Å². The maximum Gasteiger partial charge on any atom is 0.352 e. The fraction of sp³-hybridized carbons (Fsp3) is 0.412. The molecular formula is C17H17NO4. The molecule has 5 nitrogen and oxygen atoms in total. The Morgan fingerprint density at radius 2 is 2.18 bits per heavy atom. The first-order chi connectivity index (χ1) is 10.5. The molecule has 1 saturated heterocycles. The quantitative estimate of drug-likeness (QED) is 0.614. The molecule has 114 valence electrons. The molecule has 22 heavy (non-hydrogen) atoms. The van der Waals surface area contributed by atoms with E-state index in [1.807, 2.05) is 18.2 Å². The van der Waals surface area contributed by atoms with E-state index in [9.17, 15) is 9.59 Å². The molecule has 0 unspecified atom stereocenters. The van der Waals surface area contributed by atoms with Crippen molar-refractivity contribution >= 4 is 17.4 Å². The molecule has 0 radical (unpaired) electrons. The van der Waals surface area contributed by atoms with Crippen LogP contribution >= 0.6 is 0 Å². The van der Waals surface area contributed by atoms with Gasteiger partial charge in [-0.1, -0.05) is 24.3 Å². The smallest absolute Gasteiger partial charge is 0.352 e. The fourth-order valence-electron chi connectivity index (χ4n) is 3.81. The second kappa shape index (κ2) is 4.20. The summed E-state index contributed by atoms with van der Waals surface area (Å²) in [4.78, 5) is 26.6. The average molecular weight is 299 g/mol. The van der Waals surface area contributed by atoms with Crippen molar-refractivity contribution in [2.24, 2.45) is 0 Å². The molecule has 0 aromatic heterocycles. The normalized spacial score (nSPS) is 31.6. The van der Waals surface area contributed by atoms with Crippen molar-refractivity contribution in [2.75, 3.05) is 13.7 Å². The predicted molar refractivity (Wildman–Crippen MR) is 78.7 cm³/mol. The molecular weight excluding hydrogens is 282 g/mol. The third-order valence-electron chi connectivity index (χ3n) is 4.88. The molecule has 5 heteroatoms. The third kappa shape index (κ3) is 1.37. The zero-order valence-electron chi connectivity index (χ0n) is 12.6. The predicted octanol–water partition coefficient (Wildman–Crippen LogP) is 1.52. The Morgan fingerprint density at radius 1 is 1.41 bits per heavy atom. The van der Waals surface area contributed by atoms with Crippen LogP contribution in [0.5, 0.6) is 0 Å². The lowest BCUT2D eigenvalue weighted by Crippen LogP contribution is -2.51. The van der Waals surface area contributed by atoms with E-state index in [2.05, 4.69) is 6.07 Å². The zero-order chi connectivity index (χ0) is 15.5. The van der Waals surface area contributed by atoms with Crippen molar-refractivity contribution < 1.29 is 19.1 Å². The number of esters is 1. The number of rotatable bonds is 2. The van der Waals surface area contributed by atoms with E-state index >= 15 is 0 Å². The minimum atomic E-state index is -1.61. The summed E-state index contributed by atoms with van der Waals surface area (Å²) in [6, 6.07) is 8.06. The van der Waals surface area contributed by atoms with E-state index in [1.54, 1.807) is 24.9 Å². The van der Waals surface area contributed by atoms with Gasteiger partial charge < -0.3 is 14.4 Å². The lowest BCUT2D eigenvalue weighted by Gasteiger charge is -2.39. The number of carbonyl (C=O) groups excluding carboxylic acids is 2. The number of carbonyl (C=O) groups is 2. The maximum absolute atomic E-state index is 12.6. The molecule has 1 aliphatic carbocycles. The van der Waals surface area contributed by atoms with Crippen molar-refractivity contribution in [1.29, 1.82) is 0 Å². The highest BCUT2D eigenvalue weighted by molar-refractivity contribution is 6.15. The van der Waals surface area contributed by atoms with Crippen LogP contribution in [0.2, 0.25) is 0 Å². The van der Waals surface area contributed by atoms with E-state index in [1.165, 1.54) is 5.56 Å². The number of fused-ring (bicyclic) bond motifs is 3. The minimum absolute atomic E-state index is 0.216. The van der Waals surface area contributed by atoms with Gasteiger partial charge in [-0.05, 0) is 30.5 Å². The van der Waals surface area contributed by atoms with Gasteiger partial charge in [0, 0.05) is 19.0 Å². The van der Waals surface area contributed by atoms with Crippen LogP contribution in [0.4, 0.5) is 0 Å². The Labute approximate surface area is 128 Å². The van der Waals surface area contributed by atoms with Crippen LogP contribution in [0.15, 0.2) is 30.3 Å². The van der Waals surface area contributed by atoms with Gasteiger partial charge in [0.25, 0.3) is 11.5 Å². The van der Waals surface area contributed by atoms with Crippen molar-refractivity contribution in [3.05, 3.63) is 41.5 Å². The zero-order valence-corrected chi connectivity index (χ0v) is 12.6. The largest absolute Gasteiger partial charge is 0.463 e. The highest BCUT2D eigenvalue weighted by Crippen LogP contribution is 2.56. The van der Waals surface area contributed by atoms with Gasteiger partial charge in [-0.15, -0.1) is 0 Å². The van der Waals surface area contributed by atoms with Crippen LogP contribution in [0.25, 0.3) is 5.57 Å². The van der Waals surface area contributed by atoms with Crippen LogP contribution in [-0.2, 0) is 25.5 Å². The lowest BCUT2D eigenvalue weighted by atomic mass is 9.78. The van der Waals surface area contributed by atoms with Gasteiger partial charge in [-0.25, -0.2) is 4.79 Å². The van der Waals surface area contributed by atoms with Crippen LogP contribution in [-0.4, -0.2) is 41.8 Å². The molecule has 1 aromatic rings. The van der Waals surface area contributed by atoms with Crippen molar-refractivity contribution in [3.8, 4) is 0 Å². The summed E-state index contributed by atoms with van der Waals surface area (Å²) < 4.78 is 11.2. The van der Waals surface area contributed by atoms with E-state index in [0.717, 1.165) is 17.6 Å². The number of aryl methyl sites for hydroxylation is 1. The molecule has 1 fully saturated rings. The molecule has 4 rings (SSSR count). The Balaban J connectivity index is 1.91. The Bertz CT molecular complexity index is 725. The number of nitrogens with zero attached hydrogens (tertiary/aromatic N) is 1. The van der Waals surface area contributed by atoms with Gasteiger partial charge in [-0.2, -0.15) is 0 Å². The summed E-state index contributed by atoms with van der Waals surface area (Å²) in [7, 11) is 1.70. The SMILES string of the molecule is CCOC(=O)[C@]12C=C3c4ccccc4CC[C@@]3(O1)N(C)C2=O. The van der Waals surface area contributed by atoms with Gasteiger partial charge in [0.1, 0.15) is 0 Å². The number of hydrogen-bond donors (Lipinski definition) is 0. The minimum Gasteiger partial charge on any atom is -0.463 e. The van der Waals surface area contributed by atoms with Crippen molar-refractivity contribution in [2.45, 2.75) is 31.1 Å². The molecule has 2 atom stereocenters. The van der Waals surface area contributed by atoms with Gasteiger partial charge in [0.2, 0.25) is 0 Å².